The highest BCUT2D eigenvalue weighted by Crippen LogP contribution is 2.32. The zero-order valence-corrected chi connectivity index (χ0v) is 45.7. The average molecular weight is 1100 g/mol. The Hall–Kier alpha value is -3.76. The Morgan fingerprint density at radius 1 is 0.712 bits per heavy atom. The van der Waals surface area contributed by atoms with Crippen molar-refractivity contribution in [3.63, 3.8) is 0 Å². The summed E-state index contributed by atoms with van der Waals surface area (Å²) >= 11 is 7.52. The van der Waals surface area contributed by atoms with Gasteiger partial charge in [-0.15, -0.1) is 23.5 Å². The van der Waals surface area contributed by atoms with Gasteiger partial charge in [0.05, 0.1) is 6.61 Å². The highest BCUT2D eigenvalue weighted by molar-refractivity contribution is 8.01. The van der Waals surface area contributed by atoms with Crippen LogP contribution < -0.4 is 5.73 Å². The van der Waals surface area contributed by atoms with Crippen molar-refractivity contribution < 1.29 is 71.8 Å². The molecular formula is C52H84ClF2N3O13S2. The summed E-state index contributed by atoms with van der Waals surface area (Å²) in [6.45, 7) is 19.8. The van der Waals surface area contributed by atoms with E-state index >= 15 is 0 Å². The van der Waals surface area contributed by atoms with Gasteiger partial charge in [-0.2, -0.15) is 0 Å². The minimum atomic E-state index is -0.997. The number of ketones is 1. The Morgan fingerprint density at radius 2 is 1.12 bits per heavy atom. The normalized spacial score (nSPS) is 17.8. The molecule has 6 rings (SSSR count). The number of carbonyl (C=O) groups is 5. The van der Waals surface area contributed by atoms with E-state index in [9.17, 15) is 37.9 Å². The number of ether oxygens (including phenoxy) is 5. The molecule has 0 aromatic heterocycles. The van der Waals surface area contributed by atoms with Crippen molar-refractivity contribution in [2.45, 2.75) is 148 Å². The SMILES string of the molecule is C.C1CCOC1.C1CCOCC1.CC(C)(C)OC(=O)N1CCS[C@H]1C(=O)C[C@@H](CCO)c1ccc(F)cc1.CC(C)(C)OC(=O)N1CCS[C@H]1C(=O)O.CC(C)COC(=O)Cl.N[C@@H](CCO)c1ccc(F)cc1. The van der Waals surface area contributed by atoms with Crippen LogP contribution in [0.15, 0.2) is 48.5 Å². The van der Waals surface area contributed by atoms with E-state index in [0.717, 1.165) is 37.6 Å². The molecule has 0 radical (unpaired) electrons. The number of aliphatic hydroxyl groups is 2. The second-order valence-corrected chi connectivity index (χ2v) is 21.9. The summed E-state index contributed by atoms with van der Waals surface area (Å²) in [6.07, 6.45) is 6.54. The van der Waals surface area contributed by atoms with Crippen LogP contribution in [0.5, 0.6) is 0 Å². The number of carboxylic acids is 1. The molecule has 0 saturated carbocycles. The molecule has 2 aromatic carbocycles. The Bertz CT molecular complexity index is 1830. The number of rotatable bonds is 12. The van der Waals surface area contributed by atoms with E-state index in [1.165, 1.54) is 89.7 Å². The molecule has 4 fully saturated rings. The summed E-state index contributed by atoms with van der Waals surface area (Å²) in [4.78, 5) is 60.2. The molecule has 4 saturated heterocycles. The van der Waals surface area contributed by atoms with E-state index < -0.39 is 45.5 Å². The number of halogens is 3. The molecule has 0 aliphatic carbocycles. The van der Waals surface area contributed by atoms with Crippen LogP contribution in [0, 0.1) is 17.6 Å². The fourth-order valence-electron chi connectivity index (χ4n) is 6.49. The van der Waals surface area contributed by atoms with Crippen LogP contribution in [0.2, 0.25) is 0 Å². The lowest BCUT2D eigenvalue weighted by Crippen LogP contribution is -2.42. The molecule has 4 heterocycles. The molecule has 73 heavy (non-hydrogen) atoms. The largest absolute Gasteiger partial charge is 0.479 e. The number of nitrogens with zero attached hydrogens (tertiary/aromatic N) is 2. The van der Waals surface area contributed by atoms with Crippen LogP contribution in [0.25, 0.3) is 0 Å². The second kappa shape index (κ2) is 37.9. The second-order valence-electron chi connectivity index (χ2n) is 19.2. The molecule has 4 aliphatic rings. The summed E-state index contributed by atoms with van der Waals surface area (Å²) in [5, 5.41) is 25.4. The van der Waals surface area contributed by atoms with Crippen LogP contribution >= 0.6 is 35.1 Å². The molecule has 0 unspecified atom stereocenters. The van der Waals surface area contributed by atoms with Crippen LogP contribution in [0.3, 0.4) is 0 Å². The summed E-state index contributed by atoms with van der Waals surface area (Å²) in [7, 11) is 0. The van der Waals surface area contributed by atoms with Gasteiger partial charge < -0.3 is 44.7 Å². The van der Waals surface area contributed by atoms with Gasteiger partial charge >= 0.3 is 23.6 Å². The fraction of sp³-hybridized carbons (Fsp3) is 0.673. The fourth-order valence-corrected chi connectivity index (χ4v) is 8.77. The number of hydrogen-bond acceptors (Lipinski definition) is 15. The molecule has 21 heteroatoms. The zero-order chi connectivity index (χ0) is 54.3. The van der Waals surface area contributed by atoms with Crippen LogP contribution in [-0.4, -0.2) is 147 Å². The highest BCUT2D eigenvalue weighted by atomic mass is 35.5. The first-order valence-corrected chi connectivity index (χ1v) is 26.8. The Morgan fingerprint density at radius 3 is 1.47 bits per heavy atom. The molecule has 2 amide bonds. The van der Waals surface area contributed by atoms with Crippen LogP contribution in [0.4, 0.5) is 23.2 Å². The minimum Gasteiger partial charge on any atom is -0.479 e. The Balaban J connectivity index is 0.000000936. The average Bonchev–Trinajstić information content (AvgIpc) is 4.15. The minimum absolute atomic E-state index is 0. The molecule has 5 N–H and O–H groups in total. The molecule has 0 spiro atoms. The van der Waals surface area contributed by atoms with Gasteiger partial charge in [0.25, 0.3) is 0 Å². The van der Waals surface area contributed by atoms with E-state index in [4.69, 9.17) is 46.5 Å². The molecule has 418 valence electrons. The molecule has 4 aliphatic heterocycles. The maximum atomic E-state index is 13.1. The van der Waals surface area contributed by atoms with Crippen molar-refractivity contribution in [2.24, 2.45) is 11.7 Å². The zero-order valence-electron chi connectivity index (χ0n) is 43.3. The van der Waals surface area contributed by atoms with Crippen LogP contribution in [0.1, 0.15) is 137 Å². The first-order valence-electron chi connectivity index (χ1n) is 24.3. The first kappa shape index (κ1) is 69.2. The number of aliphatic hydroxyl groups excluding tert-OH is 2. The number of thioether (sulfide) groups is 2. The predicted molar refractivity (Wildman–Crippen MR) is 285 cm³/mol. The smallest absolute Gasteiger partial charge is 0.411 e. The van der Waals surface area contributed by atoms with Crippen molar-refractivity contribution in [2.75, 3.05) is 70.8 Å². The predicted octanol–water partition coefficient (Wildman–Crippen LogP) is 10.8. The third-order valence-electron chi connectivity index (χ3n) is 9.96. The van der Waals surface area contributed by atoms with E-state index in [2.05, 4.69) is 4.74 Å². The molecule has 2 aromatic rings. The molecule has 0 bridgehead atoms. The number of carboxylic acid groups (broad SMARTS) is 1. The third kappa shape index (κ3) is 32.3. The highest BCUT2D eigenvalue weighted by Gasteiger charge is 2.39. The van der Waals surface area contributed by atoms with Gasteiger partial charge in [0.15, 0.2) is 11.2 Å². The number of Topliss-reactive ketones (excluding diaryl/α,β-unsaturated/α-hetero) is 1. The van der Waals surface area contributed by atoms with E-state index in [-0.39, 0.29) is 56.4 Å². The van der Waals surface area contributed by atoms with Crippen molar-refractivity contribution in [1.29, 1.82) is 0 Å². The Kier molecular flexibility index (Phi) is 35.9. The van der Waals surface area contributed by atoms with Gasteiger partial charge in [0.1, 0.15) is 28.2 Å². The molecular weight excluding hydrogens is 1010 g/mol. The maximum Gasteiger partial charge on any atom is 0.411 e. The standard InChI is InChI=1S/C19H26FNO4S.C9H12FNO.C9H15NO4S.C5H9ClO2.C5H10O.C4H8O.CH4/c1-19(2,3)25-18(24)21-9-11-26-17(21)16(23)12-14(8-10-22)13-4-6-15(20)7-5-13;10-8-3-1-7(2-4-8)9(11)5-6-12;1-9(2,3)14-8(13)10-4-5-15-6(10)7(11)12;1-4(2)3-8-5(6)7;1-2-4-6-5-3-1;1-2-4-5-3-1;/h4-7,14,17,22H,8-12H2,1-3H3;1-4,9,12H,5-6,11H2;6H,4-5H2,1-3H3,(H,11,12);4H,3H2,1-2H3;1-5H2;1-4H2;1H4/t14-,17+;9-;6-;;;;/m100..../s1. The van der Waals surface area contributed by atoms with Crippen molar-refractivity contribution in [3.05, 3.63) is 71.3 Å². The summed E-state index contributed by atoms with van der Waals surface area (Å²) in [5.74, 6) is -0.232. The lowest BCUT2D eigenvalue weighted by Gasteiger charge is -2.28. The first-order chi connectivity index (χ1) is 33.9. The number of hydrogen-bond donors (Lipinski definition) is 4. The number of carbonyl (C=O) groups excluding carboxylic acids is 4. The van der Waals surface area contributed by atoms with Gasteiger partial charge in [-0.05, 0) is 134 Å². The van der Waals surface area contributed by atoms with Crippen molar-refractivity contribution in [1.82, 2.24) is 9.80 Å². The van der Waals surface area contributed by atoms with Gasteiger partial charge in [0.2, 0.25) is 0 Å². The van der Waals surface area contributed by atoms with E-state index in [1.54, 1.807) is 65.8 Å². The third-order valence-corrected chi connectivity index (χ3v) is 12.5. The van der Waals surface area contributed by atoms with Gasteiger partial charge in [-0.3, -0.25) is 14.6 Å². The van der Waals surface area contributed by atoms with Gasteiger partial charge in [-0.1, -0.05) is 45.5 Å². The van der Waals surface area contributed by atoms with Gasteiger partial charge in [-0.25, -0.2) is 28.0 Å². The quantitative estimate of drug-likeness (QED) is 0.115. The van der Waals surface area contributed by atoms with E-state index in [1.807, 2.05) is 13.8 Å². The maximum absolute atomic E-state index is 13.1. The number of benzene rings is 2. The van der Waals surface area contributed by atoms with Crippen molar-refractivity contribution >= 4 is 64.5 Å². The number of amides is 2. The van der Waals surface area contributed by atoms with Crippen molar-refractivity contribution in [3.8, 4) is 0 Å². The van der Waals surface area contributed by atoms with Crippen LogP contribution in [-0.2, 0) is 33.3 Å². The lowest BCUT2D eigenvalue weighted by atomic mass is 9.91. The van der Waals surface area contributed by atoms with Gasteiger partial charge in [0, 0.05) is 88.3 Å². The number of aliphatic carboxylic acids is 1. The topological polar surface area (TPSA) is 225 Å². The summed E-state index contributed by atoms with van der Waals surface area (Å²) in [5.41, 5.74) is 5.40. The number of nitrogens with two attached hydrogens (primary N) is 1. The monoisotopic (exact) mass is 1100 g/mol. The molecule has 4 atom stereocenters. The lowest BCUT2D eigenvalue weighted by molar-refractivity contribution is -0.139. The Labute approximate surface area is 446 Å². The summed E-state index contributed by atoms with van der Waals surface area (Å²) in [6, 6.07) is 11.8. The molecule has 16 nitrogen and oxygen atoms in total. The summed E-state index contributed by atoms with van der Waals surface area (Å²) < 4.78 is 50.5. The van der Waals surface area contributed by atoms with E-state index in [0.29, 0.717) is 50.0 Å².